The van der Waals surface area contributed by atoms with Crippen molar-refractivity contribution in [3.63, 3.8) is 0 Å². The van der Waals surface area contributed by atoms with Crippen molar-refractivity contribution in [3.05, 3.63) is 52.3 Å². The fraction of sp³-hybridized carbons (Fsp3) is 0.0909. The standard InChI is InChI=1S/C11H9Cl2N3/c12-9-4-8(5-10(13)6-9)7-16-11-14-2-1-3-15-11/h1-6H,7H2,(H,14,15,16). The molecule has 0 atom stereocenters. The van der Waals surface area contributed by atoms with Gasteiger partial charge in [-0.15, -0.1) is 0 Å². The highest BCUT2D eigenvalue weighted by atomic mass is 35.5. The lowest BCUT2D eigenvalue weighted by atomic mass is 10.2. The lowest BCUT2D eigenvalue weighted by Crippen LogP contribution is -2.02. The van der Waals surface area contributed by atoms with Gasteiger partial charge in [0.2, 0.25) is 5.95 Å². The van der Waals surface area contributed by atoms with E-state index in [0.717, 1.165) is 5.56 Å². The van der Waals surface area contributed by atoms with Gasteiger partial charge in [-0.2, -0.15) is 0 Å². The number of rotatable bonds is 3. The van der Waals surface area contributed by atoms with E-state index in [1.54, 1.807) is 24.5 Å². The summed E-state index contributed by atoms with van der Waals surface area (Å²) in [6.07, 6.45) is 3.36. The Bertz CT molecular complexity index is 454. The van der Waals surface area contributed by atoms with E-state index in [0.29, 0.717) is 22.5 Å². The Labute approximate surface area is 103 Å². The minimum absolute atomic E-state index is 0.582. The fourth-order valence-corrected chi connectivity index (χ4v) is 1.86. The molecule has 0 amide bonds. The Morgan fingerprint density at radius 3 is 2.25 bits per heavy atom. The lowest BCUT2D eigenvalue weighted by Gasteiger charge is -2.05. The zero-order valence-electron chi connectivity index (χ0n) is 8.32. The molecule has 0 spiro atoms. The molecule has 0 aliphatic heterocycles. The second-order valence-electron chi connectivity index (χ2n) is 3.20. The molecule has 0 aliphatic rings. The SMILES string of the molecule is Clc1cc(Cl)cc(CNc2ncccn2)c1. The molecule has 0 saturated carbocycles. The molecule has 1 aromatic carbocycles. The maximum Gasteiger partial charge on any atom is 0.222 e. The van der Waals surface area contributed by atoms with E-state index in [9.17, 15) is 0 Å². The third kappa shape index (κ3) is 3.08. The summed E-state index contributed by atoms with van der Waals surface area (Å²) < 4.78 is 0. The highest BCUT2D eigenvalue weighted by molar-refractivity contribution is 6.34. The maximum atomic E-state index is 5.89. The van der Waals surface area contributed by atoms with Crippen LogP contribution in [0.1, 0.15) is 5.56 Å². The Kier molecular flexibility index (Phi) is 3.59. The predicted octanol–water partition coefficient (Wildman–Crippen LogP) is 3.40. The van der Waals surface area contributed by atoms with Gasteiger partial charge in [0.25, 0.3) is 0 Å². The van der Waals surface area contributed by atoms with Gasteiger partial charge in [0, 0.05) is 29.0 Å². The summed E-state index contributed by atoms with van der Waals surface area (Å²) in [5, 5.41) is 4.32. The molecule has 0 unspecified atom stereocenters. The summed E-state index contributed by atoms with van der Waals surface area (Å²) >= 11 is 11.8. The minimum Gasteiger partial charge on any atom is -0.350 e. The van der Waals surface area contributed by atoms with Gasteiger partial charge in [-0.1, -0.05) is 23.2 Å². The summed E-state index contributed by atoms with van der Waals surface area (Å²) in [6, 6.07) is 7.17. The van der Waals surface area contributed by atoms with E-state index in [2.05, 4.69) is 15.3 Å². The van der Waals surface area contributed by atoms with Crippen LogP contribution in [0.5, 0.6) is 0 Å². The van der Waals surface area contributed by atoms with Crippen LogP contribution >= 0.6 is 23.2 Å². The van der Waals surface area contributed by atoms with Crippen LogP contribution < -0.4 is 5.32 Å². The zero-order valence-corrected chi connectivity index (χ0v) is 9.83. The second kappa shape index (κ2) is 5.14. The molecule has 1 aromatic heterocycles. The summed E-state index contributed by atoms with van der Waals surface area (Å²) in [5.74, 6) is 0.582. The molecule has 0 radical (unpaired) electrons. The number of halogens is 2. The van der Waals surface area contributed by atoms with Crippen LogP contribution in [0.25, 0.3) is 0 Å². The molecule has 0 saturated heterocycles. The number of nitrogens with one attached hydrogen (secondary N) is 1. The summed E-state index contributed by atoms with van der Waals surface area (Å²) in [6.45, 7) is 0.588. The summed E-state index contributed by atoms with van der Waals surface area (Å²) in [7, 11) is 0. The molecule has 2 aromatic rings. The number of hydrogen-bond acceptors (Lipinski definition) is 3. The Morgan fingerprint density at radius 1 is 1.00 bits per heavy atom. The third-order valence-corrected chi connectivity index (χ3v) is 2.38. The first kappa shape index (κ1) is 11.2. The Morgan fingerprint density at radius 2 is 1.62 bits per heavy atom. The van der Waals surface area contributed by atoms with Crippen molar-refractivity contribution in [3.8, 4) is 0 Å². The molecule has 82 valence electrons. The maximum absolute atomic E-state index is 5.89. The van der Waals surface area contributed by atoms with Crippen LogP contribution in [-0.2, 0) is 6.54 Å². The van der Waals surface area contributed by atoms with E-state index in [1.165, 1.54) is 0 Å². The molecule has 0 bridgehead atoms. The molecule has 0 fully saturated rings. The van der Waals surface area contributed by atoms with Crippen LogP contribution in [0.2, 0.25) is 10.0 Å². The van der Waals surface area contributed by atoms with Crippen molar-refractivity contribution in [2.45, 2.75) is 6.54 Å². The minimum atomic E-state index is 0.582. The number of nitrogens with zero attached hydrogens (tertiary/aromatic N) is 2. The first-order chi connectivity index (χ1) is 7.74. The number of anilines is 1. The van der Waals surface area contributed by atoms with Gasteiger partial charge < -0.3 is 5.32 Å². The fourth-order valence-electron chi connectivity index (χ4n) is 1.28. The van der Waals surface area contributed by atoms with Crippen molar-refractivity contribution in [1.82, 2.24) is 9.97 Å². The summed E-state index contributed by atoms with van der Waals surface area (Å²) in [4.78, 5) is 8.10. The molecular formula is C11H9Cl2N3. The van der Waals surface area contributed by atoms with Gasteiger partial charge in [-0.3, -0.25) is 0 Å². The Hall–Kier alpha value is -1.32. The van der Waals surface area contributed by atoms with Crippen molar-refractivity contribution in [2.75, 3.05) is 5.32 Å². The van der Waals surface area contributed by atoms with Gasteiger partial charge in [-0.25, -0.2) is 9.97 Å². The molecule has 0 aliphatic carbocycles. The normalized spacial score (nSPS) is 10.1. The topological polar surface area (TPSA) is 37.8 Å². The van der Waals surface area contributed by atoms with E-state index < -0.39 is 0 Å². The molecule has 1 N–H and O–H groups in total. The van der Waals surface area contributed by atoms with E-state index >= 15 is 0 Å². The van der Waals surface area contributed by atoms with Crippen LogP contribution in [0.15, 0.2) is 36.7 Å². The molecule has 1 heterocycles. The van der Waals surface area contributed by atoms with Gasteiger partial charge >= 0.3 is 0 Å². The van der Waals surface area contributed by atoms with Gasteiger partial charge in [0.05, 0.1) is 0 Å². The molecule has 3 nitrogen and oxygen atoms in total. The van der Waals surface area contributed by atoms with Crippen LogP contribution in [0.3, 0.4) is 0 Å². The monoisotopic (exact) mass is 253 g/mol. The van der Waals surface area contributed by atoms with Gasteiger partial charge in [-0.05, 0) is 29.8 Å². The first-order valence-electron chi connectivity index (χ1n) is 4.70. The van der Waals surface area contributed by atoms with Crippen LogP contribution in [-0.4, -0.2) is 9.97 Å². The number of benzene rings is 1. The van der Waals surface area contributed by atoms with Crippen LogP contribution in [0.4, 0.5) is 5.95 Å². The third-order valence-electron chi connectivity index (χ3n) is 1.94. The molecule has 2 rings (SSSR count). The van der Waals surface area contributed by atoms with Crippen molar-refractivity contribution in [1.29, 1.82) is 0 Å². The van der Waals surface area contributed by atoms with Crippen molar-refractivity contribution in [2.24, 2.45) is 0 Å². The predicted molar refractivity (Wildman–Crippen MR) is 65.8 cm³/mol. The van der Waals surface area contributed by atoms with Crippen molar-refractivity contribution < 1.29 is 0 Å². The van der Waals surface area contributed by atoms with Crippen LogP contribution in [0, 0.1) is 0 Å². The number of hydrogen-bond donors (Lipinski definition) is 1. The molecule has 16 heavy (non-hydrogen) atoms. The molecule has 5 heteroatoms. The average molecular weight is 254 g/mol. The summed E-state index contributed by atoms with van der Waals surface area (Å²) in [5.41, 5.74) is 0.991. The highest BCUT2D eigenvalue weighted by Gasteiger charge is 1.99. The smallest absolute Gasteiger partial charge is 0.222 e. The molecular weight excluding hydrogens is 245 g/mol. The van der Waals surface area contributed by atoms with Crippen molar-refractivity contribution >= 4 is 29.2 Å². The number of aromatic nitrogens is 2. The van der Waals surface area contributed by atoms with Gasteiger partial charge in [0.1, 0.15) is 0 Å². The van der Waals surface area contributed by atoms with E-state index in [4.69, 9.17) is 23.2 Å². The van der Waals surface area contributed by atoms with Gasteiger partial charge in [0.15, 0.2) is 0 Å². The first-order valence-corrected chi connectivity index (χ1v) is 5.45. The average Bonchev–Trinajstić information content (AvgIpc) is 2.27. The Balaban J connectivity index is 2.05. The second-order valence-corrected chi connectivity index (χ2v) is 4.08. The largest absolute Gasteiger partial charge is 0.350 e. The zero-order chi connectivity index (χ0) is 11.4. The highest BCUT2D eigenvalue weighted by Crippen LogP contribution is 2.19. The quantitative estimate of drug-likeness (QED) is 0.912. The van der Waals surface area contributed by atoms with E-state index in [1.807, 2.05) is 12.1 Å². The lowest BCUT2D eigenvalue weighted by molar-refractivity contribution is 1.05. The van der Waals surface area contributed by atoms with E-state index in [-0.39, 0.29) is 0 Å².